The molecule has 1 spiro atoms. The number of piperazine rings is 1. The molecule has 2 aliphatic heterocycles. The monoisotopic (exact) mass is 398 g/mol. The van der Waals surface area contributed by atoms with E-state index in [0.717, 1.165) is 29.8 Å². The maximum atomic E-state index is 12.9. The van der Waals surface area contributed by atoms with Crippen LogP contribution in [0, 0.1) is 0 Å². The van der Waals surface area contributed by atoms with E-state index in [1.807, 2.05) is 57.9 Å². The van der Waals surface area contributed by atoms with Crippen molar-refractivity contribution in [2.75, 3.05) is 43.4 Å². The van der Waals surface area contributed by atoms with Gasteiger partial charge in [0.25, 0.3) is 0 Å². The molecule has 1 aromatic heterocycles. The van der Waals surface area contributed by atoms with Crippen LogP contribution in [0.2, 0.25) is 0 Å². The number of likely N-dealkylation sites (tertiary alicyclic amines) is 1. The number of anilines is 2. The van der Waals surface area contributed by atoms with Gasteiger partial charge in [-0.05, 0) is 43.0 Å². The van der Waals surface area contributed by atoms with E-state index in [0.29, 0.717) is 26.2 Å². The third-order valence-electron chi connectivity index (χ3n) is 6.01. The molecule has 3 heterocycles. The largest absolute Gasteiger partial charge is 0.323 e. The summed E-state index contributed by atoms with van der Waals surface area (Å²) in [6, 6.07) is 9.85. The van der Waals surface area contributed by atoms with Gasteiger partial charge in [0.15, 0.2) is 0 Å². The molecule has 28 heavy (non-hydrogen) atoms. The number of hydrogen-bond donors (Lipinski definition) is 1. The molecule has 2 aromatic rings. The predicted molar refractivity (Wildman–Crippen MR) is 113 cm³/mol. The van der Waals surface area contributed by atoms with Gasteiger partial charge in [0.1, 0.15) is 0 Å². The van der Waals surface area contributed by atoms with Crippen molar-refractivity contribution >= 4 is 34.6 Å². The molecule has 7 heteroatoms. The average molecular weight is 399 g/mol. The molecule has 2 fully saturated rings. The Morgan fingerprint density at radius 1 is 1.25 bits per heavy atom. The van der Waals surface area contributed by atoms with E-state index in [4.69, 9.17) is 0 Å². The lowest BCUT2D eigenvalue weighted by Gasteiger charge is -2.46. The molecule has 4 rings (SSSR count). The van der Waals surface area contributed by atoms with E-state index in [9.17, 15) is 9.59 Å². The van der Waals surface area contributed by atoms with Crippen LogP contribution < -0.4 is 10.2 Å². The number of likely N-dealkylation sites (N-methyl/N-ethyl adjacent to an activating group) is 1. The van der Waals surface area contributed by atoms with Gasteiger partial charge in [-0.15, -0.1) is 0 Å². The zero-order valence-electron chi connectivity index (χ0n) is 16.4. The minimum absolute atomic E-state index is 0.0647. The maximum Gasteiger partial charge on any atom is 0.321 e. The standard InChI is InChI=1S/C21H26N4O2S/c1-3-16-6-4-5-7-18(16)22-20(27)24-10-9-21(14-24)15-25(17-8-11-28-13-17)19(26)12-23(21)2/h4-8,11,13H,3,9-10,12,14-15H2,1-2H3,(H,22,27)/t21-/m0/s1. The van der Waals surface area contributed by atoms with Crippen molar-refractivity contribution in [1.29, 1.82) is 0 Å². The van der Waals surface area contributed by atoms with Crippen LogP contribution in [0.15, 0.2) is 41.1 Å². The summed E-state index contributed by atoms with van der Waals surface area (Å²) in [6.07, 6.45) is 1.74. The van der Waals surface area contributed by atoms with E-state index in [-0.39, 0.29) is 17.5 Å². The molecule has 0 aliphatic carbocycles. The van der Waals surface area contributed by atoms with Crippen molar-refractivity contribution in [3.05, 3.63) is 46.7 Å². The number of urea groups is 1. The molecule has 148 valence electrons. The predicted octanol–water partition coefficient (Wildman–Crippen LogP) is 3.27. The molecular weight excluding hydrogens is 372 g/mol. The number of rotatable bonds is 3. The van der Waals surface area contributed by atoms with E-state index in [1.165, 1.54) is 0 Å². The lowest BCUT2D eigenvalue weighted by molar-refractivity contribution is -0.123. The number of aryl methyl sites for hydroxylation is 1. The van der Waals surface area contributed by atoms with Gasteiger partial charge in [0.05, 0.1) is 17.8 Å². The van der Waals surface area contributed by atoms with Gasteiger partial charge < -0.3 is 15.1 Å². The zero-order chi connectivity index (χ0) is 19.7. The normalized spacial score (nSPS) is 22.9. The lowest BCUT2D eigenvalue weighted by atomic mass is 9.93. The van der Waals surface area contributed by atoms with Gasteiger partial charge in [-0.25, -0.2) is 4.79 Å². The zero-order valence-corrected chi connectivity index (χ0v) is 17.2. The van der Waals surface area contributed by atoms with E-state index < -0.39 is 0 Å². The van der Waals surface area contributed by atoms with Crippen LogP contribution in [0.4, 0.5) is 16.2 Å². The third-order valence-corrected chi connectivity index (χ3v) is 6.68. The highest BCUT2D eigenvalue weighted by Gasteiger charge is 2.48. The molecule has 1 aromatic carbocycles. The first-order valence-electron chi connectivity index (χ1n) is 9.70. The van der Waals surface area contributed by atoms with Crippen LogP contribution in [0.1, 0.15) is 18.9 Å². The van der Waals surface area contributed by atoms with Crippen molar-refractivity contribution in [2.45, 2.75) is 25.3 Å². The summed E-state index contributed by atoms with van der Waals surface area (Å²) in [5, 5.41) is 7.08. The Morgan fingerprint density at radius 2 is 2.07 bits per heavy atom. The van der Waals surface area contributed by atoms with Crippen molar-refractivity contribution < 1.29 is 9.59 Å². The number of carbonyl (C=O) groups excluding carboxylic acids is 2. The number of amides is 3. The van der Waals surface area contributed by atoms with Crippen molar-refractivity contribution in [1.82, 2.24) is 9.80 Å². The Labute approximate surface area is 169 Å². The second-order valence-electron chi connectivity index (χ2n) is 7.65. The molecule has 1 N–H and O–H groups in total. The van der Waals surface area contributed by atoms with Gasteiger partial charge in [-0.2, -0.15) is 11.3 Å². The molecule has 3 amide bonds. The first-order valence-corrected chi connectivity index (χ1v) is 10.6. The molecule has 1 atom stereocenters. The average Bonchev–Trinajstić information content (AvgIpc) is 3.36. The summed E-state index contributed by atoms with van der Waals surface area (Å²) in [5.41, 5.74) is 2.77. The van der Waals surface area contributed by atoms with Crippen molar-refractivity contribution in [3.8, 4) is 0 Å². The number of carbonyl (C=O) groups is 2. The van der Waals surface area contributed by atoms with Crippen LogP contribution in [0.25, 0.3) is 0 Å². The Morgan fingerprint density at radius 3 is 2.82 bits per heavy atom. The first kappa shape index (κ1) is 19.0. The molecule has 6 nitrogen and oxygen atoms in total. The third kappa shape index (κ3) is 3.40. The van der Waals surface area contributed by atoms with Gasteiger partial charge in [0.2, 0.25) is 5.91 Å². The number of benzene rings is 1. The number of thiophene rings is 1. The van der Waals surface area contributed by atoms with E-state index >= 15 is 0 Å². The Bertz CT molecular complexity index is 869. The van der Waals surface area contributed by atoms with Crippen LogP contribution in [0.3, 0.4) is 0 Å². The van der Waals surface area contributed by atoms with Crippen LogP contribution >= 0.6 is 11.3 Å². The van der Waals surface area contributed by atoms with Gasteiger partial charge in [-0.1, -0.05) is 25.1 Å². The number of para-hydroxylation sites is 1. The number of hydrogen-bond acceptors (Lipinski definition) is 4. The second kappa shape index (κ2) is 7.56. The summed E-state index contributed by atoms with van der Waals surface area (Å²) in [6.45, 7) is 4.40. The highest BCUT2D eigenvalue weighted by atomic mass is 32.1. The van der Waals surface area contributed by atoms with Crippen molar-refractivity contribution in [2.24, 2.45) is 0 Å². The summed E-state index contributed by atoms with van der Waals surface area (Å²) >= 11 is 1.60. The van der Waals surface area contributed by atoms with Crippen LogP contribution in [-0.2, 0) is 11.2 Å². The van der Waals surface area contributed by atoms with Gasteiger partial charge >= 0.3 is 6.03 Å². The molecular formula is C21H26N4O2S. The second-order valence-corrected chi connectivity index (χ2v) is 8.43. The summed E-state index contributed by atoms with van der Waals surface area (Å²) in [7, 11) is 2.00. The maximum absolute atomic E-state index is 12.9. The first-order chi connectivity index (χ1) is 13.5. The van der Waals surface area contributed by atoms with Crippen molar-refractivity contribution in [3.63, 3.8) is 0 Å². The molecule has 0 radical (unpaired) electrons. The molecule has 2 aliphatic rings. The van der Waals surface area contributed by atoms with Gasteiger partial charge in [-0.3, -0.25) is 9.69 Å². The highest BCUT2D eigenvalue weighted by Crippen LogP contribution is 2.34. The Balaban J connectivity index is 1.49. The fraction of sp³-hybridized carbons (Fsp3) is 0.429. The fourth-order valence-corrected chi connectivity index (χ4v) is 4.86. The summed E-state index contributed by atoms with van der Waals surface area (Å²) < 4.78 is 0. The Hall–Kier alpha value is -2.38. The van der Waals surface area contributed by atoms with Crippen LogP contribution in [0.5, 0.6) is 0 Å². The number of nitrogens with zero attached hydrogens (tertiary/aromatic N) is 3. The molecule has 0 bridgehead atoms. The minimum atomic E-state index is -0.197. The van der Waals surface area contributed by atoms with E-state index in [2.05, 4.69) is 17.1 Å². The van der Waals surface area contributed by atoms with E-state index in [1.54, 1.807) is 11.3 Å². The highest BCUT2D eigenvalue weighted by molar-refractivity contribution is 7.08. The fourth-order valence-electron chi connectivity index (χ4n) is 4.22. The summed E-state index contributed by atoms with van der Waals surface area (Å²) in [4.78, 5) is 31.4. The Kier molecular flexibility index (Phi) is 5.12. The smallest absolute Gasteiger partial charge is 0.321 e. The molecule has 0 saturated carbocycles. The van der Waals surface area contributed by atoms with Crippen LogP contribution in [-0.4, -0.2) is 60.5 Å². The SMILES string of the molecule is CCc1ccccc1NC(=O)N1CC[C@]2(C1)CN(c1ccsc1)C(=O)CN2C. The molecule has 0 unspecified atom stereocenters. The minimum Gasteiger partial charge on any atom is -0.323 e. The quantitative estimate of drug-likeness (QED) is 0.863. The molecule has 2 saturated heterocycles. The topological polar surface area (TPSA) is 55.9 Å². The summed E-state index contributed by atoms with van der Waals surface area (Å²) in [5.74, 6) is 0.117. The lowest BCUT2D eigenvalue weighted by Crippen LogP contribution is -2.64. The van der Waals surface area contributed by atoms with Gasteiger partial charge in [0, 0.05) is 30.7 Å². The number of nitrogens with one attached hydrogen (secondary N) is 1.